The third-order valence-electron chi connectivity index (χ3n) is 4.43. The van der Waals surface area contributed by atoms with Gasteiger partial charge in [0.25, 0.3) is 5.91 Å². The van der Waals surface area contributed by atoms with Crippen molar-refractivity contribution in [2.24, 2.45) is 5.92 Å². The fourth-order valence-electron chi connectivity index (χ4n) is 2.99. The second kappa shape index (κ2) is 9.94. The minimum atomic E-state index is -0.195. The van der Waals surface area contributed by atoms with E-state index in [2.05, 4.69) is 16.0 Å². The summed E-state index contributed by atoms with van der Waals surface area (Å²) >= 11 is 0. The Labute approximate surface area is 160 Å². The molecule has 3 N–H and O–H groups in total. The first kappa shape index (κ1) is 19.9. The van der Waals surface area contributed by atoms with Crippen LogP contribution < -0.4 is 16.0 Å². The van der Waals surface area contributed by atoms with E-state index < -0.39 is 0 Å². The summed E-state index contributed by atoms with van der Waals surface area (Å²) in [5, 5.41) is 9.10. The van der Waals surface area contributed by atoms with Gasteiger partial charge in [0.15, 0.2) is 0 Å². The SMILES string of the molecule is Cl.O=C(CCC1CCNC1)Nc1ccccc1NC(=O)c1ccccc1. The molecule has 1 heterocycles. The van der Waals surface area contributed by atoms with Crippen LogP contribution in [0.25, 0.3) is 0 Å². The number of amides is 2. The number of hydrogen-bond acceptors (Lipinski definition) is 3. The molecule has 0 saturated carbocycles. The zero-order valence-corrected chi connectivity index (χ0v) is 15.4. The molecule has 138 valence electrons. The summed E-state index contributed by atoms with van der Waals surface area (Å²) in [5.41, 5.74) is 1.81. The second-order valence-electron chi connectivity index (χ2n) is 6.31. The van der Waals surface area contributed by atoms with Crippen LogP contribution in [0.15, 0.2) is 54.6 Å². The molecule has 5 nitrogen and oxygen atoms in total. The Morgan fingerprint density at radius 3 is 2.27 bits per heavy atom. The molecule has 0 aromatic heterocycles. The monoisotopic (exact) mass is 373 g/mol. The highest BCUT2D eigenvalue weighted by Crippen LogP contribution is 2.23. The molecule has 2 aromatic rings. The number of carbonyl (C=O) groups excluding carboxylic acids is 2. The lowest BCUT2D eigenvalue weighted by molar-refractivity contribution is -0.116. The first-order valence-corrected chi connectivity index (χ1v) is 8.68. The van der Waals surface area contributed by atoms with Crippen LogP contribution in [-0.4, -0.2) is 24.9 Å². The molecule has 1 saturated heterocycles. The van der Waals surface area contributed by atoms with E-state index in [4.69, 9.17) is 0 Å². The molecule has 1 aliphatic heterocycles. The van der Waals surface area contributed by atoms with E-state index >= 15 is 0 Å². The summed E-state index contributed by atoms with van der Waals surface area (Å²) in [6, 6.07) is 16.3. The fourth-order valence-corrected chi connectivity index (χ4v) is 2.99. The van der Waals surface area contributed by atoms with E-state index in [0.29, 0.717) is 29.3 Å². The molecule has 2 amide bonds. The second-order valence-corrected chi connectivity index (χ2v) is 6.31. The van der Waals surface area contributed by atoms with Crippen LogP contribution in [0.5, 0.6) is 0 Å². The van der Waals surface area contributed by atoms with Gasteiger partial charge < -0.3 is 16.0 Å². The summed E-state index contributed by atoms with van der Waals surface area (Å²) in [4.78, 5) is 24.6. The molecule has 0 spiro atoms. The third-order valence-corrected chi connectivity index (χ3v) is 4.43. The van der Waals surface area contributed by atoms with Gasteiger partial charge in [-0.1, -0.05) is 30.3 Å². The highest BCUT2D eigenvalue weighted by atomic mass is 35.5. The lowest BCUT2D eigenvalue weighted by atomic mass is 10.0. The Hall–Kier alpha value is -2.37. The summed E-state index contributed by atoms with van der Waals surface area (Å²) in [6.07, 6.45) is 2.52. The molecular formula is C20H24ClN3O2. The molecule has 1 aliphatic rings. The van der Waals surface area contributed by atoms with Crippen molar-refractivity contribution in [1.29, 1.82) is 0 Å². The predicted molar refractivity (Wildman–Crippen MR) is 107 cm³/mol. The fraction of sp³-hybridized carbons (Fsp3) is 0.300. The van der Waals surface area contributed by atoms with E-state index in [0.717, 1.165) is 25.9 Å². The van der Waals surface area contributed by atoms with Crippen molar-refractivity contribution in [3.8, 4) is 0 Å². The van der Waals surface area contributed by atoms with Gasteiger partial charge in [-0.15, -0.1) is 12.4 Å². The molecule has 0 radical (unpaired) electrons. The summed E-state index contributed by atoms with van der Waals surface area (Å²) in [6.45, 7) is 2.04. The molecule has 1 unspecified atom stereocenters. The van der Waals surface area contributed by atoms with Crippen molar-refractivity contribution in [3.63, 3.8) is 0 Å². The number of carbonyl (C=O) groups is 2. The van der Waals surface area contributed by atoms with Gasteiger partial charge in [0, 0.05) is 12.0 Å². The maximum absolute atomic E-state index is 12.3. The number of rotatable bonds is 6. The number of nitrogens with one attached hydrogen (secondary N) is 3. The van der Waals surface area contributed by atoms with Crippen molar-refractivity contribution in [2.75, 3.05) is 23.7 Å². The van der Waals surface area contributed by atoms with E-state index in [9.17, 15) is 9.59 Å². The Bertz CT molecular complexity index is 731. The van der Waals surface area contributed by atoms with Crippen LogP contribution in [0.3, 0.4) is 0 Å². The first-order chi connectivity index (χ1) is 12.2. The lowest BCUT2D eigenvalue weighted by Gasteiger charge is -2.13. The zero-order valence-electron chi connectivity index (χ0n) is 14.5. The minimum absolute atomic E-state index is 0. The minimum Gasteiger partial charge on any atom is -0.324 e. The van der Waals surface area contributed by atoms with Crippen molar-refractivity contribution < 1.29 is 9.59 Å². The van der Waals surface area contributed by atoms with Crippen LogP contribution >= 0.6 is 12.4 Å². The molecule has 2 aromatic carbocycles. The number of benzene rings is 2. The van der Waals surface area contributed by atoms with E-state index in [1.54, 1.807) is 24.3 Å². The Balaban J connectivity index is 0.00000243. The third kappa shape index (κ3) is 5.58. The van der Waals surface area contributed by atoms with Crippen molar-refractivity contribution in [3.05, 3.63) is 60.2 Å². The molecular weight excluding hydrogens is 350 g/mol. The average molecular weight is 374 g/mol. The highest BCUT2D eigenvalue weighted by Gasteiger charge is 2.16. The standard InChI is InChI=1S/C20H23N3O2.ClH/c24-19(11-10-15-12-13-21-14-15)22-17-8-4-5-9-18(17)23-20(25)16-6-2-1-3-7-16;/h1-9,15,21H,10-14H2,(H,22,24)(H,23,25);1H. The van der Waals surface area contributed by atoms with Crippen molar-refractivity contribution >= 4 is 35.6 Å². The maximum Gasteiger partial charge on any atom is 0.255 e. The molecule has 0 aliphatic carbocycles. The number of hydrogen-bond donors (Lipinski definition) is 3. The Morgan fingerprint density at radius 1 is 0.962 bits per heavy atom. The summed E-state index contributed by atoms with van der Waals surface area (Å²) in [7, 11) is 0. The van der Waals surface area contributed by atoms with Gasteiger partial charge in [0.05, 0.1) is 11.4 Å². The van der Waals surface area contributed by atoms with Gasteiger partial charge >= 0.3 is 0 Å². The van der Waals surface area contributed by atoms with E-state index in [1.807, 2.05) is 30.3 Å². The topological polar surface area (TPSA) is 70.2 Å². The zero-order chi connectivity index (χ0) is 17.5. The first-order valence-electron chi connectivity index (χ1n) is 8.68. The van der Waals surface area contributed by atoms with E-state index in [1.165, 1.54) is 0 Å². The van der Waals surface area contributed by atoms with Gasteiger partial charge in [-0.25, -0.2) is 0 Å². The predicted octanol–water partition coefficient (Wildman–Crippen LogP) is 3.69. The molecule has 6 heteroatoms. The molecule has 1 atom stereocenters. The van der Waals surface area contributed by atoms with Crippen LogP contribution in [0.2, 0.25) is 0 Å². The molecule has 26 heavy (non-hydrogen) atoms. The van der Waals surface area contributed by atoms with Gasteiger partial charge in [0.2, 0.25) is 5.91 Å². The van der Waals surface area contributed by atoms with Crippen molar-refractivity contribution in [2.45, 2.75) is 19.3 Å². The van der Waals surface area contributed by atoms with Crippen molar-refractivity contribution in [1.82, 2.24) is 5.32 Å². The van der Waals surface area contributed by atoms with E-state index in [-0.39, 0.29) is 24.2 Å². The van der Waals surface area contributed by atoms with Gasteiger partial charge in [-0.3, -0.25) is 9.59 Å². The smallest absolute Gasteiger partial charge is 0.255 e. The van der Waals surface area contributed by atoms with Crippen LogP contribution in [0, 0.1) is 5.92 Å². The number of halogens is 1. The lowest BCUT2D eigenvalue weighted by Crippen LogP contribution is -2.17. The Kier molecular flexibility index (Phi) is 7.63. The highest BCUT2D eigenvalue weighted by molar-refractivity contribution is 6.07. The Morgan fingerprint density at radius 2 is 1.62 bits per heavy atom. The van der Waals surface area contributed by atoms with Gasteiger partial charge in [-0.05, 0) is 56.1 Å². The average Bonchev–Trinajstić information content (AvgIpc) is 3.16. The number of anilines is 2. The quantitative estimate of drug-likeness (QED) is 0.723. The normalized spacial score (nSPS) is 15.8. The molecule has 3 rings (SSSR count). The molecule has 0 bridgehead atoms. The summed E-state index contributed by atoms with van der Waals surface area (Å²) < 4.78 is 0. The molecule has 1 fully saturated rings. The van der Waals surface area contributed by atoms with Crippen LogP contribution in [0.4, 0.5) is 11.4 Å². The van der Waals surface area contributed by atoms with Gasteiger partial charge in [0.1, 0.15) is 0 Å². The van der Waals surface area contributed by atoms with Gasteiger partial charge in [-0.2, -0.15) is 0 Å². The van der Waals surface area contributed by atoms with Crippen LogP contribution in [0.1, 0.15) is 29.6 Å². The summed E-state index contributed by atoms with van der Waals surface area (Å²) in [5.74, 6) is 0.367. The number of para-hydroxylation sites is 2. The van der Waals surface area contributed by atoms with Crippen LogP contribution in [-0.2, 0) is 4.79 Å². The maximum atomic E-state index is 12.3. The largest absolute Gasteiger partial charge is 0.324 e.